The number of thiol groups is 1. The highest BCUT2D eigenvalue weighted by atomic mass is 32.1. The van der Waals surface area contributed by atoms with Gasteiger partial charge in [-0.1, -0.05) is 18.2 Å². The molecule has 0 saturated heterocycles. The van der Waals surface area contributed by atoms with Crippen molar-refractivity contribution in [1.29, 1.82) is 0 Å². The van der Waals surface area contributed by atoms with Crippen LogP contribution < -0.4 is 4.74 Å². The summed E-state index contributed by atoms with van der Waals surface area (Å²) in [7, 11) is 0. The Hall–Kier alpha value is -2.81. The largest absolute Gasteiger partial charge is 0.435 e. The lowest BCUT2D eigenvalue weighted by atomic mass is 10.00. The van der Waals surface area contributed by atoms with Gasteiger partial charge < -0.3 is 4.74 Å². The van der Waals surface area contributed by atoms with E-state index in [0.29, 0.717) is 22.5 Å². The van der Waals surface area contributed by atoms with E-state index in [0.717, 1.165) is 6.92 Å². The Labute approximate surface area is 175 Å². The normalized spacial score (nSPS) is 11.7. The van der Waals surface area contributed by atoms with Gasteiger partial charge in [0.2, 0.25) is 0 Å². The van der Waals surface area contributed by atoms with E-state index in [-0.39, 0.29) is 29.3 Å². The minimum Gasteiger partial charge on any atom is -0.435 e. The molecule has 30 heavy (non-hydrogen) atoms. The van der Waals surface area contributed by atoms with Crippen molar-refractivity contribution in [2.24, 2.45) is 0 Å². The van der Waals surface area contributed by atoms with Gasteiger partial charge in [-0.25, -0.2) is 13.5 Å². The molecule has 0 aliphatic carbocycles. The molecule has 0 bridgehead atoms. The number of hydrogen-bond acceptors (Lipinski definition) is 4. The Morgan fingerprint density at radius 2 is 1.90 bits per heavy atom. The Balaban J connectivity index is 1.83. The zero-order chi connectivity index (χ0) is 21.9. The van der Waals surface area contributed by atoms with E-state index in [9.17, 15) is 22.4 Å². The highest BCUT2D eigenvalue weighted by Gasteiger charge is 2.25. The summed E-state index contributed by atoms with van der Waals surface area (Å²) >= 11 is 4.20. The monoisotopic (exact) mass is 438 g/mol. The van der Waals surface area contributed by atoms with E-state index in [1.54, 1.807) is 6.07 Å². The number of carbonyl (C=O) groups is 1. The van der Waals surface area contributed by atoms with Crippen molar-refractivity contribution in [1.82, 2.24) is 9.78 Å². The Morgan fingerprint density at radius 3 is 2.50 bits per heavy atom. The molecule has 0 saturated carbocycles. The second-order valence-corrected chi connectivity index (χ2v) is 6.97. The first-order valence-electron chi connectivity index (χ1n) is 8.92. The molecule has 0 fully saturated rings. The highest BCUT2D eigenvalue weighted by molar-refractivity contribution is 7.79. The van der Waals surface area contributed by atoms with Gasteiger partial charge in [-0.2, -0.15) is 26.5 Å². The predicted octanol–water partition coefficient (Wildman–Crippen LogP) is 5.44. The second-order valence-electron chi connectivity index (χ2n) is 6.65. The molecule has 4 nitrogen and oxygen atoms in total. The number of hydrogen-bond donors (Lipinski definition) is 1. The second kappa shape index (κ2) is 8.91. The summed E-state index contributed by atoms with van der Waals surface area (Å²) in [6.07, 6.45) is 1.44. The van der Waals surface area contributed by atoms with Crippen LogP contribution in [0.3, 0.4) is 0 Å². The SMILES string of the molecule is CC(F)(F)c1cccc(CC(=O)c2cn(-c3ccc(OC(F)F)cc3)nc2CS)c1. The zero-order valence-electron chi connectivity index (χ0n) is 15.9. The minimum absolute atomic E-state index is 0.000711. The average Bonchev–Trinajstić information content (AvgIpc) is 3.12. The first kappa shape index (κ1) is 21.9. The van der Waals surface area contributed by atoms with Crippen LogP contribution in [0.25, 0.3) is 5.69 Å². The molecular weight excluding hydrogens is 420 g/mol. The van der Waals surface area contributed by atoms with E-state index in [2.05, 4.69) is 22.5 Å². The third-order valence-corrected chi connectivity index (χ3v) is 4.67. The summed E-state index contributed by atoms with van der Waals surface area (Å²) in [6.45, 7) is -2.12. The van der Waals surface area contributed by atoms with Crippen molar-refractivity contribution in [3.05, 3.63) is 77.1 Å². The van der Waals surface area contributed by atoms with Gasteiger partial charge in [0, 0.05) is 30.9 Å². The summed E-state index contributed by atoms with van der Waals surface area (Å²) in [5, 5.41) is 4.32. The van der Waals surface area contributed by atoms with Crippen LogP contribution in [0.1, 0.15) is 34.1 Å². The van der Waals surface area contributed by atoms with Crippen molar-refractivity contribution in [3.63, 3.8) is 0 Å². The Morgan fingerprint density at radius 1 is 1.20 bits per heavy atom. The van der Waals surface area contributed by atoms with Crippen LogP contribution in [0.2, 0.25) is 0 Å². The molecule has 1 aromatic heterocycles. The van der Waals surface area contributed by atoms with Crippen LogP contribution in [0.5, 0.6) is 5.75 Å². The fraction of sp³-hybridized carbons (Fsp3) is 0.238. The third-order valence-electron chi connectivity index (χ3n) is 4.37. The lowest BCUT2D eigenvalue weighted by Crippen LogP contribution is -2.09. The standard InChI is InChI=1S/C21H18F4N2O2S/c1-21(24,25)14-4-2-3-13(9-14)10-19(28)17-11-27(26-18(17)12-30)15-5-7-16(8-6-15)29-20(22)23/h2-9,11,20,30H,10,12H2,1H3. The fourth-order valence-electron chi connectivity index (χ4n) is 2.91. The minimum atomic E-state index is -3.00. The van der Waals surface area contributed by atoms with Gasteiger partial charge in [0.15, 0.2) is 5.78 Å². The molecule has 1 heterocycles. The number of nitrogens with zero attached hydrogens (tertiary/aromatic N) is 2. The fourth-order valence-corrected chi connectivity index (χ4v) is 3.14. The molecule has 2 aromatic carbocycles. The van der Waals surface area contributed by atoms with Crippen molar-refractivity contribution in [2.45, 2.75) is 31.6 Å². The van der Waals surface area contributed by atoms with Crippen molar-refractivity contribution in [2.75, 3.05) is 0 Å². The molecule has 0 aliphatic heterocycles. The summed E-state index contributed by atoms with van der Waals surface area (Å²) < 4.78 is 57.4. The molecule has 0 N–H and O–H groups in total. The maximum atomic E-state index is 13.5. The van der Waals surface area contributed by atoms with Crippen molar-refractivity contribution >= 4 is 18.4 Å². The number of alkyl halides is 4. The first-order valence-corrected chi connectivity index (χ1v) is 9.55. The number of ketones is 1. The number of aromatic nitrogens is 2. The summed E-state index contributed by atoms with van der Waals surface area (Å²) in [5.74, 6) is -3.10. The van der Waals surface area contributed by atoms with Crippen LogP contribution in [0.15, 0.2) is 54.7 Å². The average molecular weight is 438 g/mol. The molecule has 0 atom stereocenters. The van der Waals surface area contributed by atoms with Gasteiger partial charge in [-0.15, -0.1) is 0 Å². The summed E-state index contributed by atoms with van der Waals surface area (Å²) in [6, 6.07) is 11.5. The maximum Gasteiger partial charge on any atom is 0.387 e. The Bertz CT molecular complexity index is 1030. The topological polar surface area (TPSA) is 44.1 Å². The number of halogens is 4. The van der Waals surface area contributed by atoms with Crippen LogP contribution in [0, 0.1) is 0 Å². The number of rotatable bonds is 8. The highest BCUT2D eigenvalue weighted by Crippen LogP contribution is 2.28. The maximum absolute atomic E-state index is 13.5. The number of ether oxygens (including phenoxy) is 1. The van der Waals surface area contributed by atoms with Gasteiger partial charge in [0.25, 0.3) is 5.92 Å². The smallest absolute Gasteiger partial charge is 0.387 e. The van der Waals surface area contributed by atoms with Crippen LogP contribution in [-0.4, -0.2) is 22.2 Å². The third kappa shape index (κ3) is 5.21. The molecule has 0 spiro atoms. The van der Waals surface area contributed by atoms with Crippen LogP contribution >= 0.6 is 12.6 Å². The summed E-state index contributed by atoms with van der Waals surface area (Å²) in [5.41, 5.74) is 1.57. The van der Waals surface area contributed by atoms with Gasteiger partial charge in [-0.3, -0.25) is 4.79 Å². The molecule has 3 aromatic rings. The van der Waals surface area contributed by atoms with Gasteiger partial charge in [-0.05, 0) is 35.9 Å². The van der Waals surface area contributed by atoms with Crippen molar-refractivity contribution < 1.29 is 27.1 Å². The molecule has 158 valence electrons. The van der Waals surface area contributed by atoms with Crippen molar-refractivity contribution in [3.8, 4) is 11.4 Å². The molecular formula is C21H18F4N2O2S. The number of carbonyl (C=O) groups excluding carboxylic acids is 1. The predicted molar refractivity (Wildman–Crippen MR) is 107 cm³/mol. The number of benzene rings is 2. The lowest BCUT2D eigenvalue weighted by molar-refractivity contribution is -0.0498. The molecule has 0 amide bonds. The van der Waals surface area contributed by atoms with Crippen LogP contribution in [0.4, 0.5) is 17.6 Å². The van der Waals surface area contributed by atoms with Crippen LogP contribution in [-0.2, 0) is 18.1 Å². The number of Topliss-reactive ketones (excluding diaryl/α,β-unsaturated/α-hetero) is 1. The zero-order valence-corrected chi connectivity index (χ0v) is 16.8. The summed E-state index contributed by atoms with van der Waals surface area (Å²) in [4.78, 5) is 12.8. The quantitative estimate of drug-likeness (QED) is 0.289. The van der Waals surface area contributed by atoms with E-state index in [1.165, 1.54) is 53.3 Å². The molecule has 0 aliphatic rings. The first-order chi connectivity index (χ1) is 14.2. The van der Waals surface area contributed by atoms with E-state index >= 15 is 0 Å². The van der Waals surface area contributed by atoms with E-state index < -0.39 is 12.5 Å². The molecule has 0 radical (unpaired) electrons. The molecule has 0 unspecified atom stereocenters. The van der Waals surface area contributed by atoms with Gasteiger partial charge in [0.1, 0.15) is 5.75 Å². The van der Waals surface area contributed by atoms with Gasteiger partial charge >= 0.3 is 6.61 Å². The Kier molecular flexibility index (Phi) is 6.50. The molecule has 3 rings (SSSR count). The lowest BCUT2D eigenvalue weighted by Gasteiger charge is -2.11. The van der Waals surface area contributed by atoms with Gasteiger partial charge in [0.05, 0.1) is 16.9 Å². The molecule has 9 heteroatoms. The van der Waals surface area contributed by atoms with E-state index in [4.69, 9.17) is 0 Å². The van der Waals surface area contributed by atoms with E-state index in [1.807, 2.05) is 0 Å².